The first-order chi connectivity index (χ1) is 7.07. The first-order valence-electron chi connectivity index (χ1n) is 4.95. The molecule has 0 heterocycles. The van der Waals surface area contributed by atoms with Gasteiger partial charge in [0.15, 0.2) is 5.78 Å². The van der Waals surface area contributed by atoms with E-state index in [4.69, 9.17) is 16.3 Å². The van der Waals surface area contributed by atoms with E-state index in [0.717, 1.165) is 12.8 Å². The first-order valence-corrected chi connectivity index (χ1v) is 5.33. The molecule has 0 unspecified atom stereocenters. The van der Waals surface area contributed by atoms with E-state index >= 15 is 0 Å². The molecule has 0 atom stereocenters. The molecule has 0 bridgehead atoms. The van der Waals surface area contributed by atoms with Crippen LogP contribution in [0, 0.1) is 5.41 Å². The zero-order valence-electron chi connectivity index (χ0n) is 8.84. The highest BCUT2D eigenvalue weighted by Gasteiger charge is 2.45. The van der Waals surface area contributed by atoms with Crippen molar-refractivity contribution in [2.75, 3.05) is 7.11 Å². The van der Waals surface area contributed by atoms with Gasteiger partial charge in [0, 0.05) is 10.4 Å². The minimum Gasteiger partial charge on any atom is -0.496 e. The molecule has 80 valence electrons. The first kappa shape index (κ1) is 10.5. The summed E-state index contributed by atoms with van der Waals surface area (Å²) in [6.07, 6.45) is 1.92. The third-order valence-electron chi connectivity index (χ3n) is 2.95. The van der Waals surface area contributed by atoms with Crippen LogP contribution in [-0.4, -0.2) is 12.9 Å². The molecule has 3 heteroatoms. The van der Waals surface area contributed by atoms with Gasteiger partial charge in [0.05, 0.1) is 12.7 Å². The van der Waals surface area contributed by atoms with Gasteiger partial charge < -0.3 is 4.74 Å². The molecular weight excluding hydrogens is 212 g/mol. The third kappa shape index (κ3) is 1.86. The maximum absolute atomic E-state index is 12.1. The summed E-state index contributed by atoms with van der Waals surface area (Å²) in [6.45, 7) is 1.98. The van der Waals surface area contributed by atoms with Gasteiger partial charge in [0.2, 0.25) is 0 Å². The number of halogens is 1. The largest absolute Gasteiger partial charge is 0.496 e. The van der Waals surface area contributed by atoms with Crippen molar-refractivity contribution in [3.8, 4) is 5.75 Å². The van der Waals surface area contributed by atoms with E-state index in [1.807, 2.05) is 6.92 Å². The second kappa shape index (κ2) is 3.53. The number of ketones is 1. The number of methoxy groups -OCH3 is 1. The summed E-state index contributed by atoms with van der Waals surface area (Å²) in [5.74, 6) is 0.749. The number of carbonyl (C=O) groups is 1. The van der Waals surface area contributed by atoms with Crippen molar-refractivity contribution in [3.63, 3.8) is 0 Å². The van der Waals surface area contributed by atoms with Crippen molar-refractivity contribution in [3.05, 3.63) is 28.8 Å². The molecule has 0 N–H and O–H groups in total. The fourth-order valence-electron chi connectivity index (χ4n) is 1.60. The molecule has 1 fully saturated rings. The van der Waals surface area contributed by atoms with Crippen LogP contribution in [0.5, 0.6) is 5.75 Å². The number of carbonyl (C=O) groups excluding carboxylic acids is 1. The number of hydrogen-bond donors (Lipinski definition) is 0. The van der Waals surface area contributed by atoms with Crippen molar-refractivity contribution in [1.82, 2.24) is 0 Å². The van der Waals surface area contributed by atoms with Gasteiger partial charge in [-0.1, -0.05) is 18.5 Å². The molecule has 1 aliphatic rings. The predicted molar refractivity (Wildman–Crippen MR) is 59.7 cm³/mol. The highest BCUT2D eigenvalue weighted by molar-refractivity contribution is 6.31. The molecule has 0 aromatic heterocycles. The van der Waals surface area contributed by atoms with Gasteiger partial charge in [0.1, 0.15) is 5.75 Å². The van der Waals surface area contributed by atoms with Gasteiger partial charge in [-0.3, -0.25) is 4.79 Å². The molecule has 1 saturated carbocycles. The molecule has 2 rings (SSSR count). The fraction of sp³-hybridized carbons (Fsp3) is 0.417. The molecule has 2 nitrogen and oxygen atoms in total. The highest BCUT2D eigenvalue weighted by atomic mass is 35.5. The van der Waals surface area contributed by atoms with Gasteiger partial charge in [-0.05, 0) is 31.0 Å². The molecule has 1 aromatic rings. The Bertz CT molecular complexity index is 408. The van der Waals surface area contributed by atoms with E-state index in [2.05, 4.69) is 0 Å². The standard InChI is InChI=1S/C12H13ClO2/c1-12(5-6-12)11(14)9-7-8(13)3-4-10(9)15-2/h3-4,7H,5-6H2,1-2H3. The van der Waals surface area contributed by atoms with Crippen LogP contribution in [0.25, 0.3) is 0 Å². The summed E-state index contributed by atoms with van der Waals surface area (Å²) in [5.41, 5.74) is 0.419. The lowest BCUT2D eigenvalue weighted by Gasteiger charge is -2.11. The average molecular weight is 225 g/mol. The van der Waals surface area contributed by atoms with Crippen molar-refractivity contribution in [2.45, 2.75) is 19.8 Å². The zero-order chi connectivity index (χ0) is 11.1. The van der Waals surface area contributed by atoms with Crippen molar-refractivity contribution in [1.29, 1.82) is 0 Å². The molecule has 15 heavy (non-hydrogen) atoms. The topological polar surface area (TPSA) is 26.3 Å². The van der Waals surface area contributed by atoms with E-state index in [-0.39, 0.29) is 11.2 Å². The lowest BCUT2D eigenvalue weighted by molar-refractivity contribution is 0.0909. The Hall–Kier alpha value is -1.02. The summed E-state index contributed by atoms with van der Waals surface area (Å²) in [4.78, 5) is 12.1. The van der Waals surface area contributed by atoms with Crippen molar-refractivity contribution < 1.29 is 9.53 Å². The van der Waals surface area contributed by atoms with Crippen LogP contribution in [0.3, 0.4) is 0 Å². The van der Waals surface area contributed by atoms with E-state index in [1.54, 1.807) is 25.3 Å². The van der Waals surface area contributed by atoms with E-state index in [1.165, 1.54) is 0 Å². The van der Waals surface area contributed by atoms with Crippen LogP contribution in [0.1, 0.15) is 30.1 Å². The van der Waals surface area contributed by atoms with Crippen molar-refractivity contribution in [2.24, 2.45) is 5.41 Å². The van der Waals surface area contributed by atoms with Crippen LogP contribution < -0.4 is 4.74 Å². The molecule has 0 amide bonds. The third-order valence-corrected chi connectivity index (χ3v) is 3.19. The number of hydrogen-bond acceptors (Lipinski definition) is 2. The average Bonchev–Trinajstić information content (AvgIpc) is 2.96. The van der Waals surface area contributed by atoms with Crippen LogP contribution in [0.4, 0.5) is 0 Å². The van der Waals surface area contributed by atoms with Crippen LogP contribution >= 0.6 is 11.6 Å². The Morgan fingerprint density at radius 3 is 2.67 bits per heavy atom. The van der Waals surface area contributed by atoms with Crippen LogP contribution in [0.15, 0.2) is 18.2 Å². The molecular formula is C12H13ClO2. The normalized spacial score (nSPS) is 17.3. The minimum atomic E-state index is -0.183. The van der Waals surface area contributed by atoms with E-state index < -0.39 is 0 Å². The second-order valence-electron chi connectivity index (χ2n) is 4.23. The maximum atomic E-state index is 12.1. The number of ether oxygens (including phenoxy) is 1. The Morgan fingerprint density at radius 1 is 1.47 bits per heavy atom. The second-order valence-corrected chi connectivity index (χ2v) is 4.67. The summed E-state index contributed by atoms with van der Waals surface area (Å²) in [6, 6.07) is 5.15. The highest BCUT2D eigenvalue weighted by Crippen LogP contribution is 2.48. The molecule has 1 aromatic carbocycles. The molecule has 1 aliphatic carbocycles. The molecule has 0 saturated heterocycles. The lowest BCUT2D eigenvalue weighted by atomic mass is 9.96. The summed E-state index contributed by atoms with van der Waals surface area (Å²) < 4.78 is 5.16. The molecule has 0 spiro atoms. The predicted octanol–water partition coefficient (Wildman–Crippen LogP) is 3.33. The number of benzene rings is 1. The monoisotopic (exact) mass is 224 g/mol. The molecule has 0 aliphatic heterocycles. The van der Waals surface area contributed by atoms with Crippen LogP contribution in [-0.2, 0) is 0 Å². The lowest BCUT2D eigenvalue weighted by Crippen LogP contribution is -2.13. The van der Waals surface area contributed by atoms with Gasteiger partial charge in [0.25, 0.3) is 0 Å². The summed E-state index contributed by atoms with van der Waals surface area (Å²) in [7, 11) is 1.56. The maximum Gasteiger partial charge on any atom is 0.172 e. The van der Waals surface area contributed by atoms with Crippen molar-refractivity contribution >= 4 is 17.4 Å². The van der Waals surface area contributed by atoms with E-state index in [9.17, 15) is 4.79 Å². The quantitative estimate of drug-likeness (QED) is 0.737. The van der Waals surface area contributed by atoms with Crippen LogP contribution in [0.2, 0.25) is 5.02 Å². The van der Waals surface area contributed by atoms with Gasteiger partial charge >= 0.3 is 0 Å². The zero-order valence-corrected chi connectivity index (χ0v) is 9.60. The van der Waals surface area contributed by atoms with Gasteiger partial charge in [-0.25, -0.2) is 0 Å². The molecule has 0 radical (unpaired) electrons. The smallest absolute Gasteiger partial charge is 0.172 e. The Kier molecular flexibility index (Phi) is 2.47. The number of Topliss-reactive ketones (excluding diaryl/α,β-unsaturated/α-hetero) is 1. The van der Waals surface area contributed by atoms with E-state index in [0.29, 0.717) is 16.3 Å². The fourth-order valence-corrected chi connectivity index (χ4v) is 1.77. The Balaban J connectivity index is 2.41. The van der Waals surface area contributed by atoms with Gasteiger partial charge in [-0.2, -0.15) is 0 Å². The SMILES string of the molecule is COc1ccc(Cl)cc1C(=O)C1(C)CC1. The summed E-state index contributed by atoms with van der Waals surface area (Å²) >= 11 is 5.88. The minimum absolute atomic E-state index is 0.141. The Morgan fingerprint density at radius 2 is 2.13 bits per heavy atom. The van der Waals surface area contributed by atoms with Gasteiger partial charge in [-0.15, -0.1) is 0 Å². The summed E-state index contributed by atoms with van der Waals surface area (Å²) in [5, 5.41) is 0.573. The number of rotatable bonds is 3. The Labute approximate surface area is 94.2 Å².